The van der Waals surface area contributed by atoms with Crippen molar-refractivity contribution in [3.8, 4) is 5.69 Å². The minimum atomic E-state index is -1.00. The maximum absolute atomic E-state index is 10.6. The first-order chi connectivity index (χ1) is 6.77. The van der Waals surface area contributed by atoms with E-state index in [1.807, 2.05) is 0 Å². The molecule has 6 heteroatoms. The third-order valence-corrected chi connectivity index (χ3v) is 1.66. The third kappa shape index (κ3) is 1.45. The van der Waals surface area contributed by atoms with Crippen molar-refractivity contribution in [2.24, 2.45) is 0 Å². The molecular formula is C8H6N4O2. The number of hydrogen-bond acceptors (Lipinski definition) is 4. The van der Waals surface area contributed by atoms with Gasteiger partial charge in [0.15, 0.2) is 0 Å². The molecule has 2 heterocycles. The van der Waals surface area contributed by atoms with E-state index in [0.717, 1.165) is 0 Å². The van der Waals surface area contributed by atoms with Crippen LogP contribution in [0.5, 0.6) is 0 Å². The quantitative estimate of drug-likeness (QED) is 0.739. The van der Waals surface area contributed by atoms with E-state index < -0.39 is 5.97 Å². The topological polar surface area (TPSA) is 80.9 Å². The maximum Gasteiger partial charge on any atom is 0.338 e. The Morgan fingerprint density at radius 1 is 1.36 bits per heavy atom. The standard InChI is InChI=1S/C8H6N4O2/c13-8(14)6-3-11-12(5-6)7-1-2-9-10-4-7/h1-5H,(H,13,14). The average Bonchev–Trinajstić information content (AvgIpc) is 2.68. The van der Waals surface area contributed by atoms with E-state index in [1.165, 1.54) is 29.5 Å². The minimum absolute atomic E-state index is 0.141. The molecule has 0 aliphatic rings. The Bertz CT molecular complexity index is 451. The molecule has 6 nitrogen and oxygen atoms in total. The molecule has 0 amide bonds. The number of rotatable bonds is 2. The molecule has 0 aliphatic heterocycles. The van der Waals surface area contributed by atoms with Crippen LogP contribution in [0.15, 0.2) is 30.9 Å². The molecule has 0 atom stereocenters. The van der Waals surface area contributed by atoms with Crippen LogP contribution in [0.1, 0.15) is 10.4 Å². The fraction of sp³-hybridized carbons (Fsp3) is 0. The van der Waals surface area contributed by atoms with E-state index in [2.05, 4.69) is 15.3 Å². The molecule has 0 aromatic carbocycles. The van der Waals surface area contributed by atoms with Crippen molar-refractivity contribution in [2.45, 2.75) is 0 Å². The number of carbonyl (C=O) groups is 1. The molecule has 0 bridgehead atoms. The number of aromatic nitrogens is 4. The van der Waals surface area contributed by atoms with Gasteiger partial charge in [0.25, 0.3) is 0 Å². The lowest BCUT2D eigenvalue weighted by Gasteiger charge is -1.96. The second-order valence-electron chi connectivity index (χ2n) is 2.58. The molecule has 2 aromatic rings. The fourth-order valence-corrected chi connectivity index (χ4v) is 0.994. The molecule has 1 N–H and O–H groups in total. The highest BCUT2D eigenvalue weighted by Crippen LogP contribution is 2.05. The number of carboxylic acid groups (broad SMARTS) is 1. The minimum Gasteiger partial charge on any atom is -0.478 e. The summed E-state index contributed by atoms with van der Waals surface area (Å²) in [4.78, 5) is 10.6. The first-order valence-corrected chi connectivity index (χ1v) is 3.82. The number of aromatic carboxylic acids is 1. The first kappa shape index (κ1) is 8.36. The van der Waals surface area contributed by atoms with Gasteiger partial charge in [0.2, 0.25) is 0 Å². The van der Waals surface area contributed by atoms with Crippen LogP contribution in [0.25, 0.3) is 5.69 Å². The summed E-state index contributed by atoms with van der Waals surface area (Å²) in [7, 11) is 0. The molecule has 0 radical (unpaired) electrons. The van der Waals surface area contributed by atoms with Crippen molar-refractivity contribution in [3.63, 3.8) is 0 Å². The van der Waals surface area contributed by atoms with Gasteiger partial charge in [-0.15, -0.1) is 0 Å². The molecule has 70 valence electrons. The summed E-state index contributed by atoms with van der Waals surface area (Å²) in [5.41, 5.74) is 0.814. The summed E-state index contributed by atoms with van der Waals surface area (Å²) in [5, 5.41) is 19.8. The lowest BCUT2D eigenvalue weighted by atomic mass is 10.4. The van der Waals surface area contributed by atoms with E-state index >= 15 is 0 Å². The first-order valence-electron chi connectivity index (χ1n) is 3.82. The Morgan fingerprint density at radius 2 is 2.21 bits per heavy atom. The van der Waals surface area contributed by atoms with Crippen LogP contribution in [-0.2, 0) is 0 Å². The van der Waals surface area contributed by atoms with Crippen molar-refractivity contribution < 1.29 is 9.90 Å². The molecule has 0 saturated heterocycles. The second kappa shape index (κ2) is 3.25. The number of carboxylic acids is 1. The zero-order valence-electron chi connectivity index (χ0n) is 7.03. The Kier molecular flexibility index (Phi) is 1.94. The second-order valence-corrected chi connectivity index (χ2v) is 2.58. The molecule has 0 unspecified atom stereocenters. The lowest BCUT2D eigenvalue weighted by molar-refractivity contribution is 0.0697. The summed E-state index contributed by atoms with van der Waals surface area (Å²) >= 11 is 0. The van der Waals surface area contributed by atoms with Crippen molar-refractivity contribution in [1.29, 1.82) is 0 Å². The van der Waals surface area contributed by atoms with Crippen LogP contribution in [0.4, 0.5) is 0 Å². The third-order valence-electron chi connectivity index (χ3n) is 1.66. The number of nitrogens with zero attached hydrogens (tertiary/aromatic N) is 4. The van der Waals surface area contributed by atoms with E-state index in [0.29, 0.717) is 5.69 Å². The Labute approximate surface area is 78.8 Å². The summed E-state index contributed by atoms with van der Waals surface area (Å²) < 4.78 is 1.43. The lowest BCUT2D eigenvalue weighted by Crippen LogP contribution is -1.96. The van der Waals surface area contributed by atoms with Gasteiger partial charge in [-0.1, -0.05) is 0 Å². The van der Waals surface area contributed by atoms with Crippen molar-refractivity contribution in [3.05, 3.63) is 36.4 Å². The SMILES string of the molecule is O=C(O)c1cnn(-c2ccnnc2)c1. The van der Waals surface area contributed by atoms with E-state index in [-0.39, 0.29) is 5.56 Å². The monoisotopic (exact) mass is 190 g/mol. The summed E-state index contributed by atoms with van der Waals surface area (Å²) in [6, 6.07) is 1.69. The normalized spacial score (nSPS) is 10.0. The molecule has 0 aliphatic carbocycles. The fourth-order valence-electron chi connectivity index (χ4n) is 0.994. The molecule has 0 spiro atoms. The molecule has 2 aromatic heterocycles. The van der Waals surface area contributed by atoms with Gasteiger partial charge >= 0.3 is 5.97 Å². The van der Waals surface area contributed by atoms with Gasteiger partial charge < -0.3 is 5.11 Å². The van der Waals surface area contributed by atoms with Crippen molar-refractivity contribution in [2.75, 3.05) is 0 Å². The van der Waals surface area contributed by atoms with Gasteiger partial charge in [0, 0.05) is 6.20 Å². The molecule has 14 heavy (non-hydrogen) atoms. The van der Waals surface area contributed by atoms with Gasteiger partial charge in [-0.3, -0.25) is 0 Å². The number of hydrogen-bond donors (Lipinski definition) is 1. The van der Waals surface area contributed by atoms with Gasteiger partial charge in [0.1, 0.15) is 0 Å². The van der Waals surface area contributed by atoms with Gasteiger partial charge in [-0.05, 0) is 6.07 Å². The molecule has 0 saturated carbocycles. The predicted octanol–water partition coefficient (Wildman–Crippen LogP) is 0.360. The van der Waals surface area contributed by atoms with Crippen LogP contribution in [0.3, 0.4) is 0 Å². The molecule has 2 rings (SSSR count). The van der Waals surface area contributed by atoms with E-state index in [4.69, 9.17) is 5.11 Å². The van der Waals surface area contributed by atoms with Crippen LogP contribution < -0.4 is 0 Å². The average molecular weight is 190 g/mol. The van der Waals surface area contributed by atoms with Crippen LogP contribution >= 0.6 is 0 Å². The molecular weight excluding hydrogens is 184 g/mol. The summed E-state index contributed by atoms with van der Waals surface area (Å²) in [5.74, 6) is -1.00. The van der Waals surface area contributed by atoms with Crippen molar-refractivity contribution in [1.82, 2.24) is 20.0 Å². The highest BCUT2D eigenvalue weighted by Gasteiger charge is 2.06. The summed E-state index contributed by atoms with van der Waals surface area (Å²) in [6.45, 7) is 0. The van der Waals surface area contributed by atoms with Crippen LogP contribution in [0, 0.1) is 0 Å². The Balaban J connectivity index is 2.39. The van der Waals surface area contributed by atoms with E-state index in [1.54, 1.807) is 6.07 Å². The molecule has 0 fully saturated rings. The van der Waals surface area contributed by atoms with Crippen LogP contribution in [0.2, 0.25) is 0 Å². The van der Waals surface area contributed by atoms with E-state index in [9.17, 15) is 4.79 Å². The predicted molar refractivity (Wildman–Crippen MR) is 46.1 cm³/mol. The smallest absolute Gasteiger partial charge is 0.338 e. The largest absolute Gasteiger partial charge is 0.478 e. The van der Waals surface area contributed by atoms with Crippen LogP contribution in [-0.4, -0.2) is 31.1 Å². The summed E-state index contributed by atoms with van der Waals surface area (Å²) in [6.07, 6.45) is 5.71. The maximum atomic E-state index is 10.6. The Morgan fingerprint density at radius 3 is 2.79 bits per heavy atom. The highest BCUT2D eigenvalue weighted by molar-refractivity contribution is 5.86. The highest BCUT2D eigenvalue weighted by atomic mass is 16.4. The zero-order chi connectivity index (χ0) is 9.97. The van der Waals surface area contributed by atoms with Gasteiger partial charge in [-0.25, -0.2) is 9.48 Å². The Hall–Kier alpha value is -2.24. The van der Waals surface area contributed by atoms with Crippen molar-refractivity contribution >= 4 is 5.97 Å². The van der Waals surface area contributed by atoms with Gasteiger partial charge in [0.05, 0.1) is 29.8 Å². The zero-order valence-corrected chi connectivity index (χ0v) is 7.03. The van der Waals surface area contributed by atoms with Gasteiger partial charge in [-0.2, -0.15) is 15.3 Å².